The van der Waals surface area contributed by atoms with Gasteiger partial charge in [0.15, 0.2) is 5.82 Å². The van der Waals surface area contributed by atoms with Crippen LogP contribution in [0.1, 0.15) is 34.6 Å². The molecule has 0 unspecified atom stereocenters. The van der Waals surface area contributed by atoms with Crippen LogP contribution in [-0.4, -0.2) is 85.4 Å². The maximum Gasteiger partial charge on any atom is 0.254 e. The lowest BCUT2D eigenvalue weighted by molar-refractivity contribution is 0.0737. The highest BCUT2D eigenvalue weighted by Gasteiger charge is 2.26. The van der Waals surface area contributed by atoms with E-state index < -0.39 is 0 Å². The highest BCUT2D eigenvalue weighted by atomic mass is 16.5. The smallest absolute Gasteiger partial charge is 0.254 e. The third kappa shape index (κ3) is 6.66. The van der Waals surface area contributed by atoms with E-state index in [4.69, 9.17) is 9.84 Å². The van der Waals surface area contributed by atoms with Gasteiger partial charge in [-0.2, -0.15) is 0 Å². The Morgan fingerprint density at radius 1 is 1.06 bits per heavy atom. The molecule has 0 atom stereocenters. The number of anilines is 2. The van der Waals surface area contributed by atoms with Crippen molar-refractivity contribution in [1.82, 2.24) is 15.2 Å². The van der Waals surface area contributed by atoms with Crippen LogP contribution in [0.5, 0.6) is 0 Å². The number of rotatable bonds is 10. The van der Waals surface area contributed by atoms with Gasteiger partial charge < -0.3 is 30.3 Å². The summed E-state index contributed by atoms with van der Waals surface area (Å²) in [5, 5.41) is 14.9. The van der Waals surface area contributed by atoms with Crippen LogP contribution in [0.25, 0.3) is 0 Å². The van der Waals surface area contributed by atoms with Gasteiger partial charge in [-0.25, -0.2) is 4.98 Å². The number of piperazine rings is 1. The van der Waals surface area contributed by atoms with E-state index in [-0.39, 0.29) is 25.0 Å². The second-order valence-corrected chi connectivity index (χ2v) is 8.09. The van der Waals surface area contributed by atoms with E-state index in [1.54, 1.807) is 35.4 Å². The summed E-state index contributed by atoms with van der Waals surface area (Å²) in [7, 11) is 0. The number of nitrogens with zero attached hydrogens (tertiary/aromatic N) is 3. The molecule has 0 radical (unpaired) electrons. The molecule has 1 aliphatic heterocycles. The number of aromatic nitrogens is 1. The summed E-state index contributed by atoms with van der Waals surface area (Å²) in [6, 6.07) is 11.1. The average molecular weight is 456 g/mol. The minimum Gasteiger partial charge on any atom is -0.394 e. The molecule has 1 fully saturated rings. The minimum absolute atomic E-state index is 0.0611. The Kier molecular flexibility index (Phi) is 9.03. The number of carbonyl (C=O) groups is 2. The van der Waals surface area contributed by atoms with Crippen LogP contribution >= 0.6 is 0 Å². The van der Waals surface area contributed by atoms with E-state index in [0.29, 0.717) is 56.5 Å². The van der Waals surface area contributed by atoms with Crippen LogP contribution in [0.15, 0.2) is 42.6 Å². The zero-order chi connectivity index (χ0) is 23.6. The highest BCUT2D eigenvalue weighted by molar-refractivity contribution is 6.07. The van der Waals surface area contributed by atoms with Gasteiger partial charge in [-0.15, -0.1) is 0 Å². The molecule has 0 spiro atoms. The summed E-state index contributed by atoms with van der Waals surface area (Å²) >= 11 is 0. The molecule has 9 heteroatoms. The number of aliphatic hydroxyl groups is 1. The molecule has 9 nitrogen and oxygen atoms in total. The van der Waals surface area contributed by atoms with Crippen molar-refractivity contribution in [3.8, 4) is 0 Å². The number of carbonyl (C=O) groups excluding carboxylic acids is 2. The molecular formula is C24H33N5O4. The molecule has 2 aromatic rings. The summed E-state index contributed by atoms with van der Waals surface area (Å²) < 4.78 is 5.16. The summed E-state index contributed by atoms with van der Waals surface area (Å²) in [5.41, 5.74) is 1.72. The Morgan fingerprint density at radius 2 is 1.79 bits per heavy atom. The minimum atomic E-state index is -0.317. The van der Waals surface area contributed by atoms with Gasteiger partial charge in [0.1, 0.15) is 0 Å². The fourth-order valence-electron chi connectivity index (χ4n) is 3.73. The summed E-state index contributed by atoms with van der Waals surface area (Å²) in [6.45, 7) is 7.34. The van der Waals surface area contributed by atoms with Crippen molar-refractivity contribution in [2.75, 3.05) is 62.8 Å². The van der Waals surface area contributed by atoms with Gasteiger partial charge >= 0.3 is 0 Å². The third-order valence-corrected chi connectivity index (χ3v) is 5.27. The lowest BCUT2D eigenvalue weighted by atomic mass is 10.0. The number of benzene rings is 1. The molecular weight excluding hydrogens is 422 g/mol. The molecule has 1 aromatic carbocycles. The maximum atomic E-state index is 13.2. The average Bonchev–Trinajstić information content (AvgIpc) is 2.83. The van der Waals surface area contributed by atoms with E-state index in [1.807, 2.05) is 12.1 Å². The SMILES string of the molecule is CC(C)Nc1cccnc1N1CCN(C(=O)c2ccccc2C(=O)NCCOCCO)CC1. The van der Waals surface area contributed by atoms with Crippen LogP contribution in [0, 0.1) is 0 Å². The van der Waals surface area contributed by atoms with Gasteiger partial charge in [0.25, 0.3) is 11.8 Å². The number of pyridine rings is 1. The van der Waals surface area contributed by atoms with Crippen molar-refractivity contribution in [3.05, 3.63) is 53.7 Å². The lowest BCUT2D eigenvalue weighted by Gasteiger charge is -2.36. The second-order valence-electron chi connectivity index (χ2n) is 8.09. The van der Waals surface area contributed by atoms with Crippen molar-refractivity contribution in [3.63, 3.8) is 0 Å². The van der Waals surface area contributed by atoms with Crippen LogP contribution in [0.4, 0.5) is 11.5 Å². The van der Waals surface area contributed by atoms with E-state index >= 15 is 0 Å². The first kappa shape index (κ1) is 24.5. The molecule has 1 aliphatic rings. The molecule has 0 saturated carbocycles. The van der Waals surface area contributed by atoms with Crippen molar-refractivity contribution in [1.29, 1.82) is 0 Å². The van der Waals surface area contributed by atoms with Gasteiger partial charge in [-0.05, 0) is 38.1 Å². The van der Waals surface area contributed by atoms with Crippen molar-refractivity contribution in [2.24, 2.45) is 0 Å². The van der Waals surface area contributed by atoms with Gasteiger partial charge in [0.05, 0.1) is 36.6 Å². The Hall–Kier alpha value is -3.17. The molecule has 1 saturated heterocycles. The summed E-state index contributed by atoms with van der Waals surface area (Å²) in [5.74, 6) is 0.419. The molecule has 3 N–H and O–H groups in total. The summed E-state index contributed by atoms with van der Waals surface area (Å²) in [6.07, 6.45) is 1.78. The molecule has 0 bridgehead atoms. The molecule has 0 aliphatic carbocycles. The number of ether oxygens (including phenoxy) is 1. The summed E-state index contributed by atoms with van der Waals surface area (Å²) in [4.78, 5) is 34.4. The van der Waals surface area contributed by atoms with Crippen LogP contribution in [0.2, 0.25) is 0 Å². The van der Waals surface area contributed by atoms with Gasteiger partial charge in [-0.3, -0.25) is 9.59 Å². The monoisotopic (exact) mass is 455 g/mol. The molecule has 1 aromatic heterocycles. The Balaban J connectivity index is 1.62. The standard InChI is InChI=1S/C24H33N5O4/c1-18(2)27-21-8-5-9-25-22(21)28-11-13-29(14-12-28)24(32)20-7-4-3-6-19(20)23(31)26-10-16-33-17-15-30/h3-9,18,27,30H,10-17H2,1-2H3,(H,26,31). The highest BCUT2D eigenvalue weighted by Crippen LogP contribution is 2.25. The number of hydrogen-bond acceptors (Lipinski definition) is 7. The molecule has 178 valence electrons. The van der Waals surface area contributed by atoms with E-state index in [1.165, 1.54) is 0 Å². The lowest BCUT2D eigenvalue weighted by Crippen LogP contribution is -2.49. The maximum absolute atomic E-state index is 13.2. The zero-order valence-electron chi connectivity index (χ0n) is 19.3. The van der Waals surface area contributed by atoms with Gasteiger partial charge in [-0.1, -0.05) is 12.1 Å². The topological polar surface area (TPSA) is 107 Å². The number of aliphatic hydroxyl groups excluding tert-OH is 1. The largest absolute Gasteiger partial charge is 0.394 e. The molecule has 33 heavy (non-hydrogen) atoms. The predicted octanol–water partition coefficient (Wildman–Crippen LogP) is 1.60. The Labute approximate surface area is 194 Å². The first-order chi connectivity index (χ1) is 16.0. The quantitative estimate of drug-likeness (QED) is 0.467. The van der Waals surface area contributed by atoms with E-state index in [2.05, 4.69) is 34.4 Å². The van der Waals surface area contributed by atoms with Gasteiger partial charge in [0.2, 0.25) is 0 Å². The van der Waals surface area contributed by atoms with E-state index in [9.17, 15) is 9.59 Å². The van der Waals surface area contributed by atoms with Crippen molar-refractivity contribution in [2.45, 2.75) is 19.9 Å². The normalized spacial score (nSPS) is 13.8. The second kappa shape index (κ2) is 12.2. The zero-order valence-corrected chi connectivity index (χ0v) is 19.3. The molecule has 2 heterocycles. The van der Waals surface area contributed by atoms with Crippen molar-refractivity contribution >= 4 is 23.3 Å². The Morgan fingerprint density at radius 3 is 2.48 bits per heavy atom. The number of nitrogens with one attached hydrogen (secondary N) is 2. The number of amides is 2. The van der Waals surface area contributed by atoms with Crippen molar-refractivity contribution < 1.29 is 19.4 Å². The predicted molar refractivity (Wildman–Crippen MR) is 128 cm³/mol. The third-order valence-electron chi connectivity index (χ3n) is 5.27. The fourth-order valence-corrected chi connectivity index (χ4v) is 3.73. The first-order valence-corrected chi connectivity index (χ1v) is 11.3. The first-order valence-electron chi connectivity index (χ1n) is 11.3. The fraction of sp³-hybridized carbons (Fsp3) is 0.458. The van der Waals surface area contributed by atoms with Crippen LogP contribution in [-0.2, 0) is 4.74 Å². The Bertz CT molecular complexity index is 929. The number of hydrogen-bond donors (Lipinski definition) is 3. The van der Waals surface area contributed by atoms with Crippen LogP contribution in [0.3, 0.4) is 0 Å². The molecule has 3 rings (SSSR count). The van der Waals surface area contributed by atoms with Crippen LogP contribution < -0.4 is 15.5 Å². The molecule has 2 amide bonds. The van der Waals surface area contributed by atoms with E-state index in [0.717, 1.165) is 11.5 Å². The van der Waals surface area contributed by atoms with Gasteiger partial charge in [0, 0.05) is 45.0 Å².